The van der Waals surface area contributed by atoms with Crippen molar-refractivity contribution in [1.29, 1.82) is 0 Å². The third-order valence-electron chi connectivity index (χ3n) is 5.91. The average Bonchev–Trinajstić information content (AvgIpc) is 3.34. The molecule has 1 aromatic heterocycles. The van der Waals surface area contributed by atoms with E-state index in [2.05, 4.69) is 11.1 Å². The van der Waals surface area contributed by atoms with Crippen molar-refractivity contribution < 1.29 is 14.3 Å². The molecule has 0 bridgehead atoms. The molecule has 6 heteroatoms. The van der Waals surface area contributed by atoms with Crippen LogP contribution in [0.4, 0.5) is 5.69 Å². The summed E-state index contributed by atoms with van der Waals surface area (Å²) in [6, 6.07) is 19.1. The highest BCUT2D eigenvalue weighted by Gasteiger charge is 2.43. The maximum atomic E-state index is 13.7. The molecule has 6 nitrogen and oxygen atoms in total. The molecular formula is C27H25N3O3. The number of rotatable bonds is 6. The summed E-state index contributed by atoms with van der Waals surface area (Å²) in [6.45, 7) is 4.80. The molecule has 0 unspecified atom stereocenters. The molecule has 0 spiro atoms. The number of para-hydroxylation sites is 1. The summed E-state index contributed by atoms with van der Waals surface area (Å²) in [5, 5.41) is 0. The van der Waals surface area contributed by atoms with Gasteiger partial charge in [-0.05, 0) is 67.3 Å². The molecule has 0 radical (unpaired) electrons. The van der Waals surface area contributed by atoms with Gasteiger partial charge in [-0.3, -0.25) is 19.5 Å². The molecule has 2 aromatic carbocycles. The molecule has 2 amide bonds. The lowest BCUT2D eigenvalue weighted by Gasteiger charge is -2.22. The van der Waals surface area contributed by atoms with E-state index in [1.54, 1.807) is 12.4 Å². The van der Waals surface area contributed by atoms with Crippen LogP contribution in [-0.4, -0.2) is 34.3 Å². The maximum Gasteiger partial charge on any atom is 0.278 e. The van der Waals surface area contributed by atoms with Crippen LogP contribution in [-0.2, 0) is 22.6 Å². The van der Waals surface area contributed by atoms with Crippen LogP contribution in [0.3, 0.4) is 0 Å². The number of nitrogens with zero attached hydrogens (tertiary/aromatic N) is 3. The van der Waals surface area contributed by atoms with E-state index < -0.39 is 0 Å². The number of carbonyl (C=O) groups excluding carboxylic acids is 2. The summed E-state index contributed by atoms with van der Waals surface area (Å²) < 4.78 is 5.76. The van der Waals surface area contributed by atoms with Gasteiger partial charge in [0.1, 0.15) is 11.4 Å². The van der Waals surface area contributed by atoms with Gasteiger partial charge < -0.3 is 9.64 Å². The third-order valence-corrected chi connectivity index (χ3v) is 5.91. The largest absolute Gasteiger partial charge is 0.491 e. The molecule has 0 N–H and O–H groups in total. The summed E-state index contributed by atoms with van der Waals surface area (Å²) in [6.07, 6.45) is 4.22. The van der Waals surface area contributed by atoms with Crippen molar-refractivity contribution in [3.05, 3.63) is 95.4 Å². The van der Waals surface area contributed by atoms with E-state index >= 15 is 0 Å². The lowest BCUT2D eigenvalue weighted by Crippen LogP contribution is -2.34. The molecule has 2 aliphatic heterocycles. The smallest absolute Gasteiger partial charge is 0.278 e. The Balaban J connectivity index is 1.57. The van der Waals surface area contributed by atoms with E-state index in [9.17, 15) is 9.59 Å². The van der Waals surface area contributed by atoms with Crippen LogP contribution in [0.2, 0.25) is 0 Å². The molecule has 3 aromatic rings. The summed E-state index contributed by atoms with van der Waals surface area (Å²) >= 11 is 0. The van der Waals surface area contributed by atoms with Crippen LogP contribution in [0, 0.1) is 0 Å². The minimum Gasteiger partial charge on any atom is -0.491 e. The number of fused-ring (bicyclic) bond motifs is 1. The molecule has 33 heavy (non-hydrogen) atoms. The lowest BCUT2D eigenvalue weighted by atomic mass is 10.0. The Hall–Kier alpha value is -3.93. The predicted octanol–water partition coefficient (Wildman–Crippen LogP) is 4.21. The molecule has 5 rings (SSSR count). The van der Waals surface area contributed by atoms with Gasteiger partial charge in [0, 0.05) is 24.6 Å². The number of amides is 2. The first-order chi connectivity index (χ1) is 16.0. The zero-order valence-electron chi connectivity index (χ0n) is 18.7. The average molecular weight is 440 g/mol. The Morgan fingerprint density at radius 3 is 2.39 bits per heavy atom. The van der Waals surface area contributed by atoms with Gasteiger partial charge in [0.25, 0.3) is 11.8 Å². The number of ether oxygens (including phenoxy) is 1. The molecule has 0 atom stereocenters. The van der Waals surface area contributed by atoms with Crippen LogP contribution < -0.4 is 9.64 Å². The van der Waals surface area contributed by atoms with Crippen molar-refractivity contribution in [2.24, 2.45) is 0 Å². The van der Waals surface area contributed by atoms with E-state index in [4.69, 9.17) is 4.74 Å². The highest BCUT2D eigenvalue weighted by molar-refractivity contribution is 6.36. The summed E-state index contributed by atoms with van der Waals surface area (Å²) in [5.74, 6) is 0.174. The fraction of sp³-hybridized carbons (Fsp3) is 0.222. The Labute approximate surface area is 193 Å². The molecule has 166 valence electrons. The lowest BCUT2D eigenvalue weighted by molar-refractivity contribution is -0.137. The maximum absolute atomic E-state index is 13.7. The van der Waals surface area contributed by atoms with Crippen molar-refractivity contribution in [2.75, 3.05) is 11.4 Å². The summed E-state index contributed by atoms with van der Waals surface area (Å²) in [5.41, 5.74) is 4.60. The van der Waals surface area contributed by atoms with Gasteiger partial charge in [-0.1, -0.05) is 30.3 Å². The van der Waals surface area contributed by atoms with E-state index in [1.807, 2.05) is 73.3 Å². The van der Waals surface area contributed by atoms with Crippen LogP contribution in [0.15, 0.2) is 78.8 Å². The normalized spacial score (nSPS) is 15.6. The number of pyridine rings is 1. The van der Waals surface area contributed by atoms with Gasteiger partial charge in [-0.25, -0.2) is 0 Å². The van der Waals surface area contributed by atoms with Crippen LogP contribution in [0.5, 0.6) is 5.75 Å². The van der Waals surface area contributed by atoms with Gasteiger partial charge in [-0.15, -0.1) is 0 Å². The molecule has 0 aliphatic carbocycles. The Morgan fingerprint density at radius 2 is 1.67 bits per heavy atom. The molecule has 3 heterocycles. The van der Waals surface area contributed by atoms with Crippen LogP contribution >= 0.6 is 0 Å². The first-order valence-corrected chi connectivity index (χ1v) is 11.1. The van der Waals surface area contributed by atoms with Crippen LogP contribution in [0.25, 0.3) is 5.57 Å². The van der Waals surface area contributed by atoms with Gasteiger partial charge in [-0.2, -0.15) is 0 Å². The van der Waals surface area contributed by atoms with Gasteiger partial charge in [0.15, 0.2) is 0 Å². The van der Waals surface area contributed by atoms with Gasteiger partial charge in [0.05, 0.1) is 18.2 Å². The van der Waals surface area contributed by atoms with E-state index in [0.717, 1.165) is 23.4 Å². The fourth-order valence-corrected chi connectivity index (χ4v) is 4.43. The predicted molar refractivity (Wildman–Crippen MR) is 126 cm³/mol. The van der Waals surface area contributed by atoms with Crippen molar-refractivity contribution in [3.63, 3.8) is 0 Å². The molecule has 0 saturated carbocycles. The zero-order valence-corrected chi connectivity index (χ0v) is 18.7. The second kappa shape index (κ2) is 8.54. The van der Waals surface area contributed by atoms with Gasteiger partial charge >= 0.3 is 0 Å². The highest BCUT2D eigenvalue weighted by atomic mass is 16.5. The number of imide groups is 1. The van der Waals surface area contributed by atoms with Crippen LogP contribution in [0.1, 0.15) is 30.5 Å². The molecule has 0 fully saturated rings. The highest BCUT2D eigenvalue weighted by Crippen LogP contribution is 2.39. The van der Waals surface area contributed by atoms with Crippen molar-refractivity contribution in [2.45, 2.75) is 32.9 Å². The Bertz CT molecular complexity index is 1230. The fourth-order valence-electron chi connectivity index (χ4n) is 4.43. The standard InChI is InChI=1S/C27H25N3O3/c1-18(2)33-22-9-7-21(8-10-22)24-25(29-16-13-20-5-3-4-6-23(20)29)27(32)30(26(24)31)17-19-11-14-28-15-12-19/h3-12,14-15,18H,13,16-17H2,1-2H3. The SMILES string of the molecule is CC(C)Oc1ccc(C2=C(N3CCc4ccccc43)C(=O)N(Cc3ccncc3)C2=O)cc1. The zero-order chi connectivity index (χ0) is 22.9. The second-order valence-corrected chi connectivity index (χ2v) is 8.50. The van der Waals surface area contributed by atoms with E-state index in [1.165, 1.54) is 10.5 Å². The number of anilines is 1. The Morgan fingerprint density at radius 1 is 0.939 bits per heavy atom. The second-order valence-electron chi connectivity index (χ2n) is 8.50. The monoisotopic (exact) mass is 439 g/mol. The minimum absolute atomic E-state index is 0.0530. The molecule has 2 aliphatic rings. The first-order valence-electron chi connectivity index (χ1n) is 11.1. The third kappa shape index (κ3) is 3.89. The number of hydrogen-bond acceptors (Lipinski definition) is 5. The quantitative estimate of drug-likeness (QED) is 0.539. The van der Waals surface area contributed by atoms with Crippen molar-refractivity contribution >= 4 is 23.1 Å². The number of carbonyl (C=O) groups is 2. The topological polar surface area (TPSA) is 62.7 Å². The van der Waals surface area contributed by atoms with E-state index in [-0.39, 0.29) is 24.5 Å². The Kier molecular flexibility index (Phi) is 5.42. The summed E-state index contributed by atoms with van der Waals surface area (Å²) in [4.78, 5) is 34.7. The van der Waals surface area contributed by atoms with Gasteiger partial charge in [0.2, 0.25) is 0 Å². The van der Waals surface area contributed by atoms with E-state index in [0.29, 0.717) is 23.4 Å². The molecular weight excluding hydrogens is 414 g/mol. The number of benzene rings is 2. The summed E-state index contributed by atoms with van der Waals surface area (Å²) in [7, 11) is 0. The first kappa shape index (κ1) is 20.9. The minimum atomic E-state index is -0.284. The number of aromatic nitrogens is 1. The number of hydrogen-bond donors (Lipinski definition) is 0. The molecule has 0 saturated heterocycles. The van der Waals surface area contributed by atoms with Crippen molar-refractivity contribution in [3.8, 4) is 5.75 Å². The van der Waals surface area contributed by atoms with Crippen molar-refractivity contribution in [1.82, 2.24) is 9.88 Å².